The van der Waals surface area contributed by atoms with Crippen LogP contribution in [0, 0.1) is 5.41 Å². The van der Waals surface area contributed by atoms with E-state index in [-0.39, 0.29) is 6.54 Å². The second-order valence-corrected chi connectivity index (χ2v) is 8.67. The van der Waals surface area contributed by atoms with Crippen LogP contribution in [0.15, 0.2) is 30.3 Å². The summed E-state index contributed by atoms with van der Waals surface area (Å²) < 4.78 is -0.950. The zero-order valence-corrected chi connectivity index (χ0v) is 15.2. The number of nitrogens with zero attached hydrogens (tertiary/aromatic N) is 2. The maximum Gasteiger partial charge on any atom is 0.334 e. The number of urea groups is 1. The van der Waals surface area contributed by atoms with Crippen LogP contribution < -0.4 is 0 Å². The molecule has 0 N–H and O–H groups in total. The molecule has 5 nitrogen and oxygen atoms in total. The SMILES string of the molecule is CC1(C)C(=O)N(C[C@]2(C)CC2(Cl)Cl)C(=O)N1C(=O)c1ccccc1. The van der Waals surface area contributed by atoms with Crippen LogP contribution in [0.1, 0.15) is 37.6 Å². The minimum atomic E-state index is -1.25. The zero-order chi connectivity index (χ0) is 17.9. The van der Waals surface area contributed by atoms with Gasteiger partial charge in [-0.05, 0) is 32.4 Å². The van der Waals surface area contributed by atoms with Gasteiger partial charge in [0.1, 0.15) is 9.87 Å². The van der Waals surface area contributed by atoms with E-state index >= 15 is 0 Å². The molecule has 1 saturated heterocycles. The number of carbonyl (C=O) groups excluding carboxylic acids is 3. The minimum Gasteiger partial charge on any atom is -0.272 e. The van der Waals surface area contributed by atoms with Gasteiger partial charge in [0.15, 0.2) is 0 Å². The molecule has 3 rings (SSSR count). The third-order valence-corrected chi connectivity index (χ3v) is 6.03. The van der Waals surface area contributed by atoms with Crippen LogP contribution in [0.2, 0.25) is 0 Å². The van der Waals surface area contributed by atoms with E-state index in [1.165, 1.54) is 0 Å². The van der Waals surface area contributed by atoms with Crippen LogP contribution in [0.3, 0.4) is 0 Å². The van der Waals surface area contributed by atoms with Crippen molar-refractivity contribution in [3.05, 3.63) is 35.9 Å². The minimum absolute atomic E-state index is 0.0969. The van der Waals surface area contributed by atoms with E-state index in [1.54, 1.807) is 44.2 Å². The van der Waals surface area contributed by atoms with Crippen molar-refractivity contribution in [1.82, 2.24) is 9.80 Å². The van der Waals surface area contributed by atoms with Crippen molar-refractivity contribution in [2.45, 2.75) is 37.1 Å². The fourth-order valence-corrected chi connectivity index (χ4v) is 3.74. The lowest BCUT2D eigenvalue weighted by molar-refractivity contribution is -0.132. The maximum absolute atomic E-state index is 12.8. The Balaban J connectivity index is 1.90. The number of carbonyl (C=O) groups is 3. The summed E-state index contributed by atoms with van der Waals surface area (Å²) in [6.07, 6.45) is 0.493. The van der Waals surface area contributed by atoms with Crippen LogP contribution in [-0.2, 0) is 4.79 Å². The topological polar surface area (TPSA) is 57.7 Å². The van der Waals surface area contributed by atoms with Gasteiger partial charge in [-0.2, -0.15) is 0 Å². The van der Waals surface area contributed by atoms with Crippen LogP contribution in [0.4, 0.5) is 4.79 Å². The first-order valence-electron chi connectivity index (χ1n) is 7.65. The van der Waals surface area contributed by atoms with Gasteiger partial charge in [0.25, 0.3) is 11.8 Å². The van der Waals surface area contributed by atoms with Crippen molar-refractivity contribution in [3.63, 3.8) is 0 Å². The fraction of sp³-hybridized carbons (Fsp3) is 0.471. The second-order valence-electron chi connectivity index (χ2n) is 7.18. The van der Waals surface area contributed by atoms with Crippen LogP contribution in [-0.4, -0.2) is 44.1 Å². The first kappa shape index (κ1) is 17.2. The highest BCUT2D eigenvalue weighted by Gasteiger charge is 2.66. The van der Waals surface area contributed by atoms with Crippen molar-refractivity contribution >= 4 is 41.0 Å². The molecule has 1 aliphatic heterocycles. The molecular formula is C17H18Cl2N2O3. The van der Waals surface area contributed by atoms with Gasteiger partial charge in [-0.1, -0.05) is 25.1 Å². The molecule has 0 spiro atoms. The van der Waals surface area contributed by atoms with Crippen molar-refractivity contribution in [2.24, 2.45) is 5.41 Å². The molecule has 1 atom stereocenters. The van der Waals surface area contributed by atoms with Gasteiger partial charge >= 0.3 is 6.03 Å². The number of amides is 4. The van der Waals surface area contributed by atoms with E-state index in [0.717, 1.165) is 9.80 Å². The third kappa shape index (κ3) is 2.42. The number of halogens is 2. The van der Waals surface area contributed by atoms with Gasteiger partial charge in [-0.25, -0.2) is 9.69 Å². The molecule has 7 heteroatoms. The van der Waals surface area contributed by atoms with Gasteiger partial charge in [-0.3, -0.25) is 14.5 Å². The molecule has 1 aromatic carbocycles. The van der Waals surface area contributed by atoms with Gasteiger partial charge in [0.05, 0.1) is 0 Å². The summed E-state index contributed by atoms with van der Waals surface area (Å²) in [5.41, 5.74) is -1.45. The van der Waals surface area contributed by atoms with Crippen molar-refractivity contribution in [2.75, 3.05) is 6.54 Å². The Morgan fingerprint density at radius 2 is 1.67 bits per heavy atom. The van der Waals surface area contributed by atoms with E-state index in [9.17, 15) is 14.4 Å². The quantitative estimate of drug-likeness (QED) is 0.606. The summed E-state index contributed by atoms with van der Waals surface area (Å²) in [5, 5.41) is 0. The Labute approximate surface area is 150 Å². The van der Waals surface area contributed by atoms with E-state index in [4.69, 9.17) is 23.2 Å². The Kier molecular flexibility index (Phi) is 3.74. The molecular weight excluding hydrogens is 351 g/mol. The highest BCUT2D eigenvalue weighted by atomic mass is 35.5. The Bertz CT molecular complexity index is 733. The number of imide groups is 2. The second kappa shape index (κ2) is 5.20. The van der Waals surface area contributed by atoms with E-state index < -0.39 is 33.1 Å². The first-order valence-corrected chi connectivity index (χ1v) is 8.40. The van der Waals surface area contributed by atoms with Gasteiger partial charge in [-0.15, -0.1) is 23.2 Å². The lowest BCUT2D eigenvalue weighted by Gasteiger charge is -2.25. The summed E-state index contributed by atoms with van der Waals surface area (Å²) in [6.45, 7) is 5.05. The molecule has 0 aromatic heterocycles. The molecule has 1 heterocycles. The summed E-state index contributed by atoms with van der Waals surface area (Å²) in [5.74, 6) is -0.917. The lowest BCUT2D eigenvalue weighted by Crippen LogP contribution is -2.47. The Morgan fingerprint density at radius 1 is 1.12 bits per heavy atom. The molecule has 24 heavy (non-hydrogen) atoms. The highest BCUT2D eigenvalue weighted by molar-refractivity contribution is 6.51. The molecule has 1 saturated carbocycles. The third-order valence-electron chi connectivity index (χ3n) is 4.85. The van der Waals surface area contributed by atoms with Crippen molar-refractivity contribution < 1.29 is 14.4 Å². The number of hydrogen-bond acceptors (Lipinski definition) is 3. The van der Waals surface area contributed by atoms with E-state index in [0.29, 0.717) is 12.0 Å². The number of alkyl halides is 2. The average molecular weight is 369 g/mol. The van der Waals surface area contributed by atoms with Gasteiger partial charge in [0, 0.05) is 17.5 Å². The Morgan fingerprint density at radius 3 is 2.17 bits per heavy atom. The van der Waals surface area contributed by atoms with Crippen LogP contribution >= 0.6 is 23.2 Å². The standard InChI is InChI=1S/C17H18Cl2N2O3/c1-15(2)13(23)20(10-16(3)9-17(16,18)19)14(24)21(15)12(22)11-7-5-4-6-8-11/h4-8H,9-10H2,1-3H3/t16-/m0/s1. The summed E-state index contributed by atoms with van der Waals surface area (Å²) >= 11 is 12.2. The Hall–Kier alpha value is -1.59. The predicted molar refractivity (Wildman–Crippen MR) is 91.0 cm³/mol. The average Bonchev–Trinajstić information content (AvgIpc) is 2.96. The number of benzene rings is 1. The highest BCUT2D eigenvalue weighted by Crippen LogP contribution is 2.64. The maximum atomic E-state index is 12.8. The van der Waals surface area contributed by atoms with Crippen LogP contribution in [0.5, 0.6) is 0 Å². The van der Waals surface area contributed by atoms with Crippen LogP contribution in [0.25, 0.3) is 0 Å². The molecule has 1 aliphatic carbocycles. The first-order chi connectivity index (χ1) is 11.0. The smallest absolute Gasteiger partial charge is 0.272 e. The fourth-order valence-electron chi connectivity index (χ4n) is 3.03. The molecule has 0 bridgehead atoms. The largest absolute Gasteiger partial charge is 0.334 e. The molecule has 128 valence electrons. The zero-order valence-electron chi connectivity index (χ0n) is 13.7. The monoisotopic (exact) mass is 368 g/mol. The molecule has 0 unspecified atom stereocenters. The van der Waals surface area contributed by atoms with E-state index in [1.807, 2.05) is 6.92 Å². The molecule has 1 aromatic rings. The number of rotatable bonds is 3. The summed E-state index contributed by atoms with van der Waals surface area (Å²) in [6, 6.07) is 7.80. The summed E-state index contributed by atoms with van der Waals surface area (Å²) in [4.78, 5) is 40.4. The van der Waals surface area contributed by atoms with E-state index in [2.05, 4.69) is 0 Å². The van der Waals surface area contributed by atoms with Gasteiger partial charge < -0.3 is 0 Å². The van der Waals surface area contributed by atoms with Crippen molar-refractivity contribution in [3.8, 4) is 0 Å². The number of hydrogen-bond donors (Lipinski definition) is 0. The molecule has 4 amide bonds. The van der Waals surface area contributed by atoms with Crippen molar-refractivity contribution in [1.29, 1.82) is 0 Å². The molecule has 2 aliphatic rings. The van der Waals surface area contributed by atoms with Gasteiger partial charge in [0.2, 0.25) is 0 Å². The normalized spacial score (nSPS) is 27.5. The lowest BCUT2D eigenvalue weighted by atomic mass is 10.0. The summed E-state index contributed by atoms with van der Waals surface area (Å²) in [7, 11) is 0. The molecule has 0 radical (unpaired) electrons. The predicted octanol–water partition coefficient (Wildman–Crippen LogP) is 3.45. The molecule has 2 fully saturated rings.